The fourth-order valence-electron chi connectivity index (χ4n) is 2.38. The van der Waals surface area contributed by atoms with Crippen molar-refractivity contribution in [2.24, 2.45) is 0 Å². The predicted molar refractivity (Wildman–Crippen MR) is 93.0 cm³/mol. The van der Waals surface area contributed by atoms with Gasteiger partial charge in [-0.3, -0.25) is 4.90 Å². The van der Waals surface area contributed by atoms with Crippen molar-refractivity contribution >= 4 is 8.80 Å². The molecular formula is C15H35NO7Si. The topological polar surface area (TPSA) is 78.9 Å². The van der Waals surface area contributed by atoms with E-state index in [4.69, 9.17) is 27.5 Å². The van der Waals surface area contributed by atoms with Crippen molar-refractivity contribution in [3.8, 4) is 0 Å². The molecule has 9 heteroatoms. The summed E-state index contributed by atoms with van der Waals surface area (Å²) in [5, 5.41) is 10.1. The summed E-state index contributed by atoms with van der Waals surface area (Å²) in [5.41, 5.74) is 0. The summed E-state index contributed by atoms with van der Waals surface area (Å²) in [5.74, 6) is 0. The number of nitrogens with zero attached hydrogens (tertiary/aromatic N) is 1. The molecule has 0 aliphatic carbocycles. The molecule has 0 saturated carbocycles. The number of ether oxygens (including phenoxy) is 3. The Hall–Kier alpha value is -0.103. The normalized spacial score (nSPS) is 15.0. The minimum absolute atomic E-state index is 0.418. The lowest BCUT2D eigenvalue weighted by atomic mass is 10.3. The fourth-order valence-corrected chi connectivity index (χ4v) is 4.07. The van der Waals surface area contributed by atoms with E-state index >= 15 is 0 Å². The van der Waals surface area contributed by atoms with Gasteiger partial charge >= 0.3 is 8.80 Å². The van der Waals surface area contributed by atoms with Gasteiger partial charge in [-0.2, -0.15) is 0 Å². The molecule has 0 amide bonds. The summed E-state index contributed by atoms with van der Waals surface area (Å²) in [6, 6.07) is 0.652. The molecule has 0 aliphatic rings. The van der Waals surface area contributed by atoms with Crippen LogP contribution in [0.2, 0.25) is 6.04 Å². The van der Waals surface area contributed by atoms with Crippen molar-refractivity contribution in [1.82, 2.24) is 4.90 Å². The first-order valence-electron chi connectivity index (χ1n) is 8.17. The quantitative estimate of drug-likeness (QED) is 0.240. The summed E-state index contributed by atoms with van der Waals surface area (Å²) in [4.78, 5) is 2.02. The highest BCUT2D eigenvalue weighted by atomic mass is 28.4. The first-order chi connectivity index (χ1) is 11.5. The number of aliphatic hydroxyl groups is 1. The van der Waals surface area contributed by atoms with E-state index in [1.54, 1.807) is 42.5 Å². The second kappa shape index (κ2) is 14.1. The lowest BCUT2D eigenvalue weighted by Crippen LogP contribution is -2.47. The average molecular weight is 370 g/mol. The Labute approximate surface area is 147 Å². The molecular weight excluding hydrogens is 334 g/mol. The van der Waals surface area contributed by atoms with E-state index in [0.29, 0.717) is 45.4 Å². The summed E-state index contributed by atoms with van der Waals surface area (Å²) in [6.45, 7) is 4.62. The van der Waals surface area contributed by atoms with Crippen LogP contribution in [0.15, 0.2) is 0 Å². The van der Waals surface area contributed by atoms with Crippen LogP contribution in [-0.2, 0) is 27.5 Å². The maximum atomic E-state index is 10.1. The maximum absolute atomic E-state index is 10.1. The molecule has 1 N–H and O–H groups in total. The van der Waals surface area contributed by atoms with Crippen LogP contribution in [0.3, 0.4) is 0 Å². The van der Waals surface area contributed by atoms with Gasteiger partial charge in [-0.15, -0.1) is 0 Å². The van der Waals surface area contributed by atoms with E-state index in [-0.39, 0.29) is 0 Å². The van der Waals surface area contributed by atoms with Crippen LogP contribution in [0.1, 0.15) is 13.3 Å². The van der Waals surface area contributed by atoms with Crippen molar-refractivity contribution in [2.75, 3.05) is 68.5 Å². The Morgan fingerprint density at radius 2 is 1.38 bits per heavy atom. The predicted octanol–water partition coefficient (Wildman–Crippen LogP) is 0.573. The van der Waals surface area contributed by atoms with Crippen molar-refractivity contribution in [1.29, 1.82) is 0 Å². The summed E-state index contributed by atoms with van der Waals surface area (Å²) < 4.78 is 32.3. The van der Waals surface area contributed by atoms with Gasteiger partial charge in [-0.1, -0.05) is 0 Å². The van der Waals surface area contributed by atoms with Gasteiger partial charge in [0.05, 0.1) is 19.3 Å². The van der Waals surface area contributed by atoms with Gasteiger partial charge in [0.15, 0.2) is 0 Å². The molecule has 0 aromatic carbocycles. The standard InChI is InChI=1S/C15H35NO7Si/c1-14(17)15(16(8-11-18-2)9-12-19-3)23-10-7-13-24(20-4,21-5)22-6/h14-15,17H,7-13H2,1-6H3. The number of hydrogen-bond donors (Lipinski definition) is 1. The second-order valence-corrected chi connectivity index (χ2v) is 8.51. The third kappa shape index (κ3) is 8.84. The number of methoxy groups -OCH3 is 2. The lowest BCUT2D eigenvalue weighted by molar-refractivity contribution is -0.127. The van der Waals surface area contributed by atoms with Crippen LogP contribution in [0.5, 0.6) is 0 Å². The molecule has 2 atom stereocenters. The van der Waals surface area contributed by atoms with Crippen LogP contribution in [-0.4, -0.2) is 99.6 Å². The molecule has 0 aromatic heterocycles. The highest BCUT2D eigenvalue weighted by molar-refractivity contribution is 6.60. The molecule has 8 nitrogen and oxygen atoms in total. The Bertz CT molecular complexity index is 277. The van der Waals surface area contributed by atoms with Crippen LogP contribution < -0.4 is 0 Å². The van der Waals surface area contributed by atoms with Crippen LogP contribution >= 0.6 is 0 Å². The third-order valence-electron chi connectivity index (χ3n) is 3.79. The monoisotopic (exact) mass is 369 g/mol. The van der Waals surface area contributed by atoms with Gasteiger partial charge in [0.1, 0.15) is 6.23 Å². The molecule has 0 saturated heterocycles. The van der Waals surface area contributed by atoms with Crippen LogP contribution in [0, 0.1) is 0 Å². The molecule has 146 valence electrons. The van der Waals surface area contributed by atoms with E-state index in [9.17, 15) is 5.11 Å². The van der Waals surface area contributed by atoms with Gasteiger partial charge in [-0.25, -0.2) is 0 Å². The third-order valence-corrected chi connectivity index (χ3v) is 6.62. The Morgan fingerprint density at radius 3 is 1.75 bits per heavy atom. The first-order valence-corrected chi connectivity index (χ1v) is 10.1. The molecule has 2 unspecified atom stereocenters. The van der Waals surface area contributed by atoms with Crippen molar-refractivity contribution in [2.45, 2.75) is 31.7 Å². The maximum Gasteiger partial charge on any atom is 0.500 e. The smallest absolute Gasteiger partial charge is 0.389 e. The lowest BCUT2D eigenvalue weighted by Gasteiger charge is -2.33. The summed E-state index contributed by atoms with van der Waals surface area (Å²) >= 11 is 0. The summed E-state index contributed by atoms with van der Waals surface area (Å²) in [7, 11) is 5.50. The minimum atomic E-state index is -2.58. The van der Waals surface area contributed by atoms with Crippen molar-refractivity contribution in [3.63, 3.8) is 0 Å². The highest BCUT2D eigenvalue weighted by Crippen LogP contribution is 2.16. The van der Waals surface area contributed by atoms with Gasteiger partial charge in [0.25, 0.3) is 0 Å². The van der Waals surface area contributed by atoms with E-state index < -0.39 is 21.1 Å². The average Bonchev–Trinajstić information content (AvgIpc) is 2.59. The number of rotatable bonds is 16. The minimum Gasteiger partial charge on any atom is -0.389 e. The zero-order valence-corrected chi connectivity index (χ0v) is 16.9. The van der Waals surface area contributed by atoms with Gasteiger partial charge in [0.2, 0.25) is 0 Å². The molecule has 0 aliphatic heterocycles. The Kier molecular flexibility index (Phi) is 14.0. The molecule has 0 radical (unpaired) electrons. The highest BCUT2D eigenvalue weighted by Gasteiger charge is 2.37. The summed E-state index contributed by atoms with van der Waals surface area (Å²) in [6.07, 6.45) is -0.333. The molecule has 0 spiro atoms. The first kappa shape index (κ1) is 23.9. The molecule has 0 bridgehead atoms. The zero-order chi connectivity index (χ0) is 18.4. The molecule has 0 heterocycles. The Balaban J connectivity index is 4.53. The fraction of sp³-hybridized carbons (Fsp3) is 1.00. The second-order valence-electron chi connectivity index (χ2n) is 5.42. The van der Waals surface area contributed by atoms with Gasteiger partial charge in [-0.05, 0) is 13.3 Å². The van der Waals surface area contributed by atoms with Crippen molar-refractivity contribution < 1.29 is 32.6 Å². The molecule has 24 heavy (non-hydrogen) atoms. The van der Waals surface area contributed by atoms with Gasteiger partial charge in [0, 0.05) is 61.3 Å². The van der Waals surface area contributed by atoms with Crippen LogP contribution in [0.25, 0.3) is 0 Å². The molecule has 0 aromatic rings. The van der Waals surface area contributed by atoms with E-state index in [0.717, 1.165) is 0 Å². The van der Waals surface area contributed by atoms with Gasteiger partial charge < -0.3 is 32.6 Å². The Morgan fingerprint density at radius 1 is 0.875 bits per heavy atom. The van der Waals surface area contributed by atoms with E-state index in [2.05, 4.69) is 0 Å². The SMILES string of the molecule is COCCN(CCOC)C(OCCC[Si](OC)(OC)OC)C(C)O. The van der Waals surface area contributed by atoms with E-state index in [1.807, 2.05) is 4.90 Å². The molecule has 0 fully saturated rings. The van der Waals surface area contributed by atoms with Crippen LogP contribution in [0.4, 0.5) is 0 Å². The molecule has 0 rings (SSSR count). The van der Waals surface area contributed by atoms with Crippen molar-refractivity contribution in [3.05, 3.63) is 0 Å². The van der Waals surface area contributed by atoms with E-state index in [1.165, 1.54) is 0 Å². The zero-order valence-electron chi connectivity index (χ0n) is 15.9. The number of hydrogen-bond acceptors (Lipinski definition) is 8. The largest absolute Gasteiger partial charge is 0.500 e. The number of aliphatic hydroxyl groups excluding tert-OH is 1.